The van der Waals surface area contributed by atoms with Crippen LogP contribution in [0.1, 0.15) is 12.8 Å². The topological polar surface area (TPSA) is 44.5 Å². The third kappa shape index (κ3) is 3.44. The van der Waals surface area contributed by atoms with Crippen LogP contribution in [0.5, 0.6) is 11.5 Å². The van der Waals surface area contributed by atoms with Crippen LogP contribution in [0.25, 0.3) is 0 Å². The van der Waals surface area contributed by atoms with Crippen molar-refractivity contribution in [1.29, 1.82) is 0 Å². The van der Waals surface area contributed by atoms with Crippen molar-refractivity contribution in [2.24, 2.45) is 11.7 Å². The molecule has 1 saturated carbocycles. The molecule has 0 bridgehead atoms. The van der Waals surface area contributed by atoms with E-state index in [0.29, 0.717) is 13.2 Å². The number of hydrogen-bond acceptors (Lipinski definition) is 3. The minimum Gasteiger partial charge on any atom is -0.493 e. The Balaban J connectivity index is 1.85. The Labute approximate surface area is 90.2 Å². The highest BCUT2D eigenvalue weighted by Gasteiger charge is 2.21. The van der Waals surface area contributed by atoms with Gasteiger partial charge < -0.3 is 15.2 Å². The summed E-state index contributed by atoms with van der Waals surface area (Å²) in [5.74, 6) is 2.49. The molecule has 0 aromatic heterocycles. The summed E-state index contributed by atoms with van der Waals surface area (Å²) in [5.41, 5.74) is 5.36. The molecule has 82 valence electrons. The summed E-state index contributed by atoms with van der Waals surface area (Å²) >= 11 is 0. The Morgan fingerprint density at radius 3 is 2.60 bits per heavy atom. The van der Waals surface area contributed by atoms with Gasteiger partial charge in [0.1, 0.15) is 18.1 Å². The van der Waals surface area contributed by atoms with E-state index in [1.807, 2.05) is 24.3 Å². The van der Waals surface area contributed by atoms with Crippen LogP contribution in [0.4, 0.5) is 0 Å². The second kappa shape index (κ2) is 5.03. The maximum atomic E-state index is 5.64. The van der Waals surface area contributed by atoms with Gasteiger partial charge >= 0.3 is 0 Å². The van der Waals surface area contributed by atoms with E-state index in [9.17, 15) is 0 Å². The number of ether oxygens (including phenoxy) is 2. The molecule has 2 N–H and O–H groups in total. The van der Waals surface area contributed by atoms with Gasteiger partial charge in [0.05, 0.1) is 6.61 Å². The third-order valence-corrected chi connectivity index (χ3v) is 2.37. The van der Waals surface area contributed by atoms with Crippen molar-refractivity contribution >= 4 is 0 Å². The van der Waals surface area contributed by atoms with E-state index < -0.39 is 0 Å². The normalized spacial score (nSPS) is 15.0. The predicted octanol–water partition coefficient (Wildman–Crippen LogP) is 1.81. The maximum absolute atomic E-state index is 5.64. The van der Waals surface area contributed by atoms with Crippen LogP contribution in [-0.4, -0.2) is 19.8 Å². The van der Waals surface area contributed by atoms with Crippen LogP contribution < -0.4 is 15.2 Å². The Morgan fingerprint density at radius 1 is 1.20 bits per heavy atom. The lowest BCUT2D eigenvalue weighted by molar-refractivity contribution is 0.293. The first-order chi connectivity index (χ1) is 7.38. The van der Waals surface area contributed by atoms with Crippen LogP contribution in [0.3, 0.4) is 0 Å². The fourth-order valence-electron chi connectivity index (χ4n) is 1.33. The molecule has 0 radical (unpaired) electrons. The molecule has 1 aliphatic rings. The summed E-state index contributed by atoms with van der Waals surface area (Å²) in [6, 6.07) is 7.73. The molecule has 3 heteroatoms. The van der Waals surface area contributed by atoms with Gasteiger partial charge in [-0.05, 0) is 30.9 Å². The standard InChI is InChI=1S/C12H17NO2/c13-6-7-14-11-2-1-3-12(8-11)15-9-10-4-5-10/h1-3,8,10H,4-7,9,13H2. The Morgan fingerprint density at radius 2 is 1.93 bits per heavy atom. The molecule has 2 rings (SSSR count). The minimum atomic E-state index is 0.535. The van der Waals surface area contributed by atoms with Crippen molar-refractivity contribution in [2.75, 3.05) is 19.8 Å². The molecule has 0 aliphatic heterocycles. The first-order valence-corrected chi connectivity index (χ1v) is 5.44. The van der Waals surface area contributed by atoms with Gasteiger partial charge in [-0.2, -0.15) is 0 Å². The molecule has 0 heterocycles. The van der Waals surface area contributed by atoms with Crippen molar-refractivity contribution in [2.45, 2.75) is 12.8 Å². The lowest BCUT2D eigenvalue weighted by Gasteiger charge is -2.08. The summed E-state index contributed by atoms with van der Waals surface area (Å²) in [4.78, 5) is 0. The van der Waals surface area contributed by atoms with E-state index in [1.165, 1.54) is 12.8 Å². The van der Waals surface area contributed by atoms with Crippen molar-refractivity contribution in [3.8, 4) is 11.5 Å². The van der Waals surface area contributed by atoms with Gasteiger partial charge in [0.2, 0.25) is 0 Å². The quantitative estimate of drug-likeness (QED) is 0.773. The Kier molecular flexibility index (Phi) is 3.45. The van der Waals surface area contributed by atoms with E-state index >= 15 is 0 Å². The molecule has 0 saturated heterocycles. The predicted molar refractivity (Wildman–Crippen MR) is 59.2 cm³/mol. The molecule has 0 unspecified atom stereocenters. The van der Waals surface area contributed by atoms with Crippen molar-refractivity contribution < 1.29 is 9.47 Å². The lowest BCUT2D eigenvalue weighted by Crippen LogP contribution is -2.10. The Bertz CT molecular complexity index is 310. The molecule has 1 aromatic carbocycles. The largest absolute Gasteiger partial charge is 0.493 e. The van der Waals surface area contributed by atoms with Crippen LogP contribution >= 0.6 is 0 Å². The minimum absolute atomic E-state index is 0.535. The monoisotopic (exact) mass is 207 g/mol. The van der Waals surface area contributed by atoms with Crippen LogP contribution in [-0.2, 0) is 0 Å². The molecule has 1 aliphatic carbocycles. The van der Waals surface area contributed by atoms with Crippen molar-refractivity contribution in [3.63, 3.8) is 0 Å². The van der Waals surface area contributed by atoms with Gasteiger partial charge in [0.25, 0.3) is 0 Å². The van der Waals surface area contributed by atoms with Crippen LogP contribution in [0.2, 0.25) is 0 Å². The summed E-state index contributed by atoms with van der Waals surface area (Å²) in [6.07, 6.45) is 2.62. The lowest BCUT2D eigenvalue weighted by atomic mass is 10.3. The molecule has 1 fully saturated rings. The highest BCUT2D eigenvalue weighted by atomic mass is 16.5. The zero-order valence-electron chi connectivity index (χ0n) is 8.82. The molecular weight excluding hydrogens is 190 g/mol. The summed E-state index contributed by atoms with van der Waals surface area (Å²) in [5, 5.41) is 0. The van der Waals surface area contributed by atoms with Gasteiger partial charge in [0, 0.05) is 12.6 Å². The summed E-state index contributed by atoms with van der Waals surface area (Å²) < 4.78 is 11.1. The molecular formula is C12H17NO2. The van der Waals surface area contributed by atoms with Gasteiger partial charge in [-0.15, -0.1) is 0 Å². The first-order valence-electron chi connectivity index (χ1n) is 5.44. The van der Waals surface area contributed by atoms with Gasteiger partial charge in [0.15, 0.2) is 0 Å². The number of hydrogen-bond donors (Lipinski definition) is 1. The zero-order valence-corrected chi connectivity index (χ0v) is 8.82. The number of benzene rings is 1. The van der Waals surface area contributed by atoms with Crippen LogP contribution in [0, 0.1) is 5.92 Å². The average Bonchev–Trinajstić information content (AvgIpc) is 3.08. The second-order valence-electron chi connectivity index (χ2n) is 3.87. The fraction of sp³-hybridized carbons (Fsp3) is 0.500. The summed E-state index contributed by atoms with van der Waals surface area (Å²) in [7, 11) is 0. The highest BCUT2D eigenvalue weighted by Crippen LogP contribution is 2.30. The highest BCUT2D eigenvalue weighted by molar-refractivity contribution is 5.32. The SMILES string of the molecule is NCCOc1cccc(OCC2CC2)c1. The van der Waals surface area contributed by atoms with Gasteiger partial charge in [-0.1, -0.05) is 6.07 Å². The van der Waals surface area contributed by atoms with E-state index in [2.05, 4.69) is 0 Å². The molecule has 0 spiro atoms. The first kappa shape index (κ1) is 10.3. The maximum Gasteiger partial charge on any atom is 0.123 e. The van der Waals surface area contributed by atoms with Crippen molar-refractivity contribution in [1.82, 2.24) is 0 Å². The van der Waals surface area contributed by atoms with E-state index in [0.717, 1.165) is 24.0 Å². The number of rotatable bonds is 6. The third-order valence-electron chi connectivity index (χ3n) is 2.37. The number of nitrogens with two attached hydrogens (primary N) is 1. The smallest absolute Gasteiger partial charge is 0.123 e. The molecule has 1 aromatic rings. The molecule has 3 nitrogen and oxygen atoms in total. The average molecular weight is 207 g/mol. The van der Waals surface area contributed by atoms with E-state index in [-0.39, 0.29) is 0 Å². The van der Waals surface area contributed by atoms with Gasteiger partial charge in [-0.25, -0.2) is 0 Å². The van der Waals surface area contributed by atoms with Gasteiger partial charge in [-0.3, -0.25) is 0 Å². The van der Waals surface area contributed by atoms with Crippen molar-refractivity contribution in [3.05, 3.63) is 24.3 Å². The zero-order chi connectivity index (χ0) is 10.5. The van der Waals surface area contributed by atoms with E-state index in [4.69, 9.17) is 15.2 Å². The summed E-state index contributed by atoms with van der Waals surface area (Å²) in [6.45, 7) is 1.92. The Hall–Kier alpha value is -1.22. The van der Waals surface area contributed by atoms with E-state index in [1.54, 1.807) is 0 Å². The second-order valence-corrected chi connectivity index (χ2v) is 3.87. The molecule has 0 amide bonds. The molecule has 0 atom stereocenters. The van der Waals surface area contributed by atoms with Crippen LogP contribution in [0.15, 0.2) is 24.3 Å². The fourth-order valence-corrected chi connectivity index (χ4v) is 1.33. The molecule has 15 heavy (non-hydrogen) atoms.